The molecule has 6 heteroatoms. The molecule has 1 aromatic carbocycles. The van der Waals surface area contributed by atoms with Crippen molar-refractivity contribution in [1.29, 1.82) is 0 Å². The monoisotopic (exact) mass is 350 g/mol. The van der Waals surface area contributed by atoms with Crippen LogP contribution in [0.15, 0.2) is 44.7 Å². The number of benzene rings is 1. The van der Waals surface area contributed by atoms with E-state index in [1.807, 2.05) is 35.7 Å². The predicted molar refractivity (Wildman–Crippen MR) is 83.9 cm³/mol. The maximum absolute atomic E-state index is 5.96. The number of hydrogen-bond acceptors (Lipinski definition) is 5. The van der Waals surface area contributed by atoms with Crippen LogP contribution in [0.25, 0.3) is 21.8 Å². The molecule has 4 nitrogen and oxygen atoms in total. The number of nitrogen functional groups attached to an aromatic ring is 1. The van der Waals surface area contributed by atoms with Crippen LogP contribution in [0, 0.1) is 0 Å². The molecule has 2 heterocycles. The topological polar surface area (TPSA) is 61.3 Å². The third kappa shape index (κ3) is 2.21. The van der Waals surface area contributed by atoms with Crippen LogP contribution in [0.4, 0.5) is 5.82 Å². The summed E-state index contributed by atoms with van der Waals surface area (Å²) in [5.41, 5.74) is 7.66. The molecule has 2 N–H and O–H groups in total. The van der Waals surface area contributed by atoms with Crippen molar-refractivity contribution in [3.63, 3.8) is 0 Å². The van der Waals surface area contributed by atoms with Gasteiger partial charge in [-0.3, -0.25) is 0 Å². The average Bonchev–Trinajstić information content (AvgIpc) is 3.04. The standard InChI is InChI=1S/C14H11BrN2O2S/c1-18-9-4-2-3-8(7-9)11-12(19-17-14(11)16)13-10(15)5-6-20-13/h2-7H,1H3,(H2,16,17). The minimum absolute atomic E-state index is 0.369. The van der Waals surface area contributed by atoms with Gasteiger partial charge in [-0.25, -0.2) is 0 Å². The molecule has 0 bridgehead atoms. The molecule has 3 rings (SSSR count). The van der Waals surface area contributed by atoms with E-state index in [4.69, 9.17) is 15.0 Å². The summed E-state index contributed by atoms with van der Waals surface area (Å²) < 4.78 is 11.6. The van der Waals surface area contributed by atoms with Crippen molar-refractivity contribution in [2.24, 2.45) is 0 Å². The zero-order chi connectivity index (χ0) is 14.1. The van der Waals surface area contributed by atoms with E-state index in [-0.39, 0.29) is 0 Å². The highest BCUT2D eigenvalue weighted by molar-refractivity contribution is 9.10. The minimum Gasteiger partial charge on any atom is -0.497 e. The number of methoxy groups -OCH3 is 1. The molecule has 3 aromatic rings. The van der Waals surface area contributed by atoms with Gasteiger partial charge in [-0.15, -0.1) is 11.3 Å². The van der Waals surface area contributed by atoms with Crippen LogP contribution in [-0.2, 0) is 0 Å². The van der Waals surface area contributed by atoms with Gasteiger partial charge in [-0.2, -0.15) is 0 Å². The Kier molecular flexibility index (Phi) is 3.50. The first-order valence-corrected chi connectivity index (χ1v) is 7.51. The lowest BCUT2D eigenvalue weighted by Crippen LogP contribution is -1.89. The molecule has 0 aliphatic rings. The molecule has 0 spiro atoms. The summed E-state index contributed by atoms with van der Waals surface area (Å²) in [4.78, 5) is 0.965. The van der Waals surface area contributed by atoms with Gasteiger partial charge in [-0.05, 0) is 45.1 Å². The van der Waals surface area contributed by atoms with Gasteiger partial charge in [0.1, 0.15) is 5.75 Å². The molecule has 0 unspecified atom stereocenters. The number of halogens is 1. The number of anilines is 1. The van der Waals surface area contributed by atoms with Gasteiger partial charge in [0.25, 0.3) is 0 Å². The van der Waals surface area contributed by atoms with Gasteiger partial charge in [0.15, 0.2) is 11.6 Å². The van der Waals surface area contributed by atoms with Crippen molar-refractivity contribution in [2.75, 3.05) is 12.8 Å². The highest BCUT2D eigenvalue weighted by Gasteiger charge is 2.20. The van der Waals surface area contributed by atoms with E-state index in [2.05, 4.69) is 21.1 Å². The summed E-state index contributed by atoms with van der Waals surface area (Å²) in [5.74, 6) is 1.80. The van der Waals surface area contributed by atoms with E-state index in [0.717, 1.165) is 26.2 Å². The number of aromatic nitrogens is 1. The molecule has 0 fully saturated rings. The van der Waals surface area contributed by atoms with E-state index in [9.17, 15) is 0 Å². The van der Waals surface area contributed by atoms with E-state index < -0.39 is 0 Å². The van der Waals surface area contributed by atoms with E-state index in [1.54, 1.807) is 18.4 Å². The summed E-state index contributed by atoms with van der Waals surface area (Å²) in [6.07, 6.45) is 0. The fourth-order valence-electron chi connectivity index (χ4n) is 1.97. The maximum Gasteiger partial charge on any atom is 0.187 e. The summed E-state index contributed by atoms with van der Waals surface area (Å²) >= 11 is 5.07. The lowest BCUT2D eigenvalue weighted by Gasteiger charge is -2.04. The molecule has 0 saturated heterocycles. The molecular formula is C14H11BrN2O2S. The van der Waals surface area contributed by atoms with Crippen molar-refractivity contribution in [2.45, 2.75) is 0 Å². The fraction of sp³-hybridized carbons (Fsp3) is 0.0714. The first-order chi connectivity index (χ1) is 9.70. The molecule has 20 heavy (non-hydrogen) atoms. The van der Waals surface area contributed by atoms with Gasteiger partial charge < -0.3 is 15.0 Å². The van der Waals surface area contributed by atoms with E-state index in [1.165, 1.54) is 0 Å². The Bertz CT molecular complexity index is 751. The van der Waals surface area contributed by atoms with Crippen LogP contribution >= 0.6 is 27.3 Å². The van der Waals surface area contributed by atoms with Crippen LogP contribution < -0.4 is 10.5 Å². The van der Waals surface area contributed by atoms with Crippen LogP contribution in [0.1, 0.15) is 0 Å². The van der Waals surface area contributed by atoms with Gasteiger partial charge in [0, 0.05) is 4.47 Å². The van der Waals surface area contributed by atoms with Crippen molar-refractivity contribution >= 4 is 33.1 Å². The largest absolute Gasteiger partial charge is 0.497 e. The Morgan fingerprint density at radius 2 is 2.20 bits per heavy atom. The molecule has 0 atom stereocenters. The lowest BCUT2D eigenvalue weighted by molar-refractivity contribution is 0.415. The normalized spacial score (nSPS) is 10.7. The lowest BCUT2D eigenvalue weighted by atomic mass is 10.0. The van der Waals surface area contributed by atoms with E-state index in [0.29, 0.717) is 11.6 Å². The number of nitrogens with two attached hydrogens (primary N) is 1. The second-order valence-electron chi connectivity index (χ2n) is 4.10. The number of ether oxygens (including phenoxy) is 1. The molecule has 2 aromatic heterocycles. The van der Waals surface area contributed by atoms with Crippen molar-refractivity contribution in [3.8, 4) is 27.5 Å². The maximum atomic E-state index is 5.96. The van der Waals surface area contributed by atoms with Gasteiger partial charge in [-0.1, -0.05) is 17.3 Å². The molecule has 0 radical (unpaired) electrons. The summed E-state index contributed by atoms with van der Waals surface area (Å²) in [7, 11) is 1.63. The molecular weight excluding hydrogens is 340 g/mol. The highest BCUT2D eigenvalue weighted by Crippen LogP contribution is 2.42. The smallest absolute Gasteiger partial charge is 0.187 e. The Morgan fingerprint density at radius 3 is 2.90 bits per heavy atom. The molecule has 0 aliphatic heterocycles. The second kappa shape index (κ2) is 5.30. The zero-order valence-corrected chi connectivity index (χ0v) is 13.0. The minimum atomic E-state index is 0.369. The fourth-order valence-corrected chi connectivity index (χ4v) is 3.51. The van der Waals surface area contributed by atoms with Gasteiger partial charge in [0.05, 0.1) is 17.6 Å². The van der Waals surface area contributed by atoms with Crippen molar-refractivity contribution in [1.82, 2.24) is 5.16 Å². The molecule has 0 amide bonds. The predicted octanol–water partition coefficient (Wildman–Crippen LogP) is 4.42. The molecule has 102 valence electrons. The first-order valence-electron chi connectivity index (χ1n) is 5.83. The Balaban J connectivity index is 2.19. The summed E-state index contributed by atoms with van der Waals surface area (Å²) in [6.45, 7) is 0. The van der Waals surface area contributed by atoms with Crippen molar-refractivity contribution < 1.29 is 9.26 Å². The number of rotatable bonds is 3. The SMILES string of the molecule is COc1cccc(-c2c(N)noc2-c2sccc2Br)c1. The summed E-state index contributed by atoms with van der Waals surface area (Å²) in [6, 6.07) is 9.63. The Morgan fingerprint density at radius 1 is 1.35 bits per heavy atom. The Labute approximate surface area is 128 Å². The zero-order valence-electron chi connectivity index (χ0n) is 10.6. The quantitative estimate of drug-likeness (QED) is 0.759. The molecule has 0 saturated carbocycles. The van der Waals surface area contributed by atoms with Crippen LogP contribution in [0.3, 0.4) is 0 Å². The van der Waals surface area contributed by atoms with Gasteiger partial charge >= 0.3 is 0 Å². The highest BCUT2D eigenvalue weighted by atomic mass is 79.9. The van der Waals surface area contributed by atoms with Gasteiger partial charge in [0.2, 0.25) is 0 Å². The first kappa shape index (κ1) is 13.2. The average molecular weight is 351 g/mol. The Hall–Kier alpha value is -1.79. The van der Waals surface area contributed by atoms with E-state index >= 15 is 0 Å². The van der Waals surface area contributed by atoms with Crippen LogP contribution in [0.2, 0.25) is 0 Å². The number of nitrogens with zero attached hydrogens (tertiary/aromatic N) is 1. The summed E-state index contributed by atoms with van der Waals surface area (Å²) in [5, 5.41) is 5.87. The number of hydrogen-bond donors (Lipinski definition) is 1. The van der Waals surface area contributed by atoms with Crippen LogP contribution in [-0.4, -0.2) is 12.3 Å². The van der Waals surface area contributed by atoms with Crippen LogP contribution in [0.5, 0.6) is 5.75 Å². The van der Waals surface area contributed by atoms with Crippen molar-refractivity contribution in [3.05, 3.63) is 40.2 Å². The number of thiophene rings is 1. The third-order valence-corrected chi connectivity index (χ3v) is 4.74. The third-order valence-electron chi connectivity index (χ3n) is 2.90. The second-order valence-corrected chi connectivity index (χ2v) is 5.87. The molecule has 0 aliphatic carbocycles.